The van der Waals surface area contributed by atoms with Gasteiger partial charge < -0.3 is 10.0 Å². The number of carbonyl (C=O) groups is 1. The molecule has 3 heterocycles. The van der Waals surface area contributed by atoms with Crippen molar-refractivity contribution in [2.75, 3.05) is 18.0 Å². The number of aliphatic carboxylic acids is 1. The average molecular weight is 379 g/mol. The second-order valence-electron chi connectivity index (χ2n) is 7.47. The molecule has 1 saturated carbocycles. The van der Waals surface area contributed by atoms with E-state index in [9.17, 15) is 9.90 Å². The first-order valence-corrected chi connectivity index (χ1v) is 10.4. The quantitative estimate of drug-likeness (QED) is 0.721. The zero-order chi connectivity index (χ0) is 18.4. The van der Waals surface area contributed by atoms with Crippen LogP contribution in [0.1, 0.15) is 37.4 Å². The normalized spacial score (nSPS) is 18.1. The largest absolute Gasteiger partial charge is 0.481 e. The summed E-state index contributed by atoms with van der Waals surface area (Å²) in [6.45, 7) is 1.47. The summed E-state index contributed by atoms with van der Waals surface area (Å²) in [5, 5.41) is 12.6. The van der Waals surface area contributed by atoms with Crippen LogP contribution in [0.3, 0.4) is 0 Å². The molecule has 5 rings (SSSR count). The maximum absolute atomic E-state index is 11.3. The van der Waals surface area contributed by atoms with Gasteiger partial charge in [0.15, 0.2) is 0 Å². The lowest BCUT2D eigenvalue weighted by atomic mass is 9.96. The van der Waals surface area contributed by atoms with Crippen LogP contribution in [0.15, 0.2) is 35.7 Å². The van der Waals surface area contributed by atoms with Crippen molar-refractivity contribution in [1.29, 1.82) is 0 Å². The van der Waals surface area contributed by atoms with Gasteiger partial charge in [-0.05, 0) is 31.2 Å². The van der Waals surface area contributed by atoms with Crippen LogP contribution in [-0.2, 0) is 4.79 Å². The van der Waals surface area contributed by atoms with Crippen LogP contribution in [0.4, 0.5) is 5.82 Å². The second kappa shape index (κ2) is 6.60. The number of carboxylic acids is 1. The standard InChI is InChI=1S/C21H21N3O2S/c25-21(26)15-8-10-24(11-9-15)19-17-16(13-4-2-1-3-5-13)12-27-20(17)23-18(22-19)14-6-7-14/h1-5,12,14-15H,6-11H2,(H,25,26). The minimum absolute atomic E-state index is 0.238. The lowest BCUT2D eigenvalue weighted by molar-refractivity contribution is -0.142. The van der Waals surface area contributed by atoms with Gasteiger partial charge in [-0.1, -0.05) is 30.3 Å². The lowest BCUT2D eigenvalue weighted by Gasteiger charge is -2.31. The van der Waals surface area contributed by atoms with Gasteiger partial charge in [-0.15, -0.1) is 11.3 Å². The summed E-state index contributed by atoms with van der Waals surface area (Å²) in [6, 6.07) is 10.4. The predicted molar refractivity (Wildman–Crippen MR) is 107 cm³/mol. The number of hydrogen-bond acceptors (Lipinski definition) is 5. The Morgan fingerprint density at radius 1 is 1.07 bits per heavy atom. The van der Waals surface area contributed by atoms with E-state index in [0.29, 0.717) is 18.8 Å². The molecular formula is C21H21N3O2S. The maximum atomic E-state index is 11.3. The number of fused-ring (bicyclic) bond motifs is 1. The molecule has 0 unspecified atom stereocenters. The molecular weight excluding hydrogens is 358 g/mol. The van der Waals surface area contributed by atoms with Crippen molar-refractivity contribution in [3.05, 3.63) is 41.5 Å². The van der Waals surface area contributed by atoms with E-state index < -0.39 is 5.97 Å². The second-order valence-corrected chi connectivity index (χ2v) is 8.33. The van der Waals surface area contributed by atoms with E-state index in [2.05, 4.69) is 34.5 Å². The van der Waals surface area contributed by atoms with Gasteiger partial charge in [0.2, 0.25) is 0 Å². The summed E-state index contributed by atoms with van der Waals surface area (Å²) in [5.41, 5.74) is 2.35. The number of nitrogens with zero attached hydrogens (tertiary/aromatic N) is 3. The Balaban J connectivity index is 1.60. The lowest BCUT2D eigenvalue weighted by Crippen LogP contribution is -2.37. The molecule has 2 aliphatic rings. The molecule has 0 atom stereocenters. The third-order valence-corrected chi connectivity index (χ3v) is 6.48. The Kier molecular flexibility index (Phi) is 4.08. The Labute approximate surface area is 161 Å². The summed E-state index contributed by atoms with van der Waals surface area (Å²) < 4.78 is 0. The smallest absolute Gasteiger partial charge is 0.306 e. The highest BCUT2D eigenvalue weighted by atomic mass is 32.1. The summed E-state index contributed by atoms with van der Waals surface area (Å²) in [6.07, 6.45) is 3.68. The van der Waals surface area contributed by atoms with Crippen molar-refractivity contribution in [3.8, 4) is 11.1 Å². The molecule has 27 heavy (non-hydrogen) atoms. The number of piperidine rings is 1. The minimum Gasteiger partial charge on any atom is -0.481 e. The Hall–Kier alpha value is -2.47. The first-order valence-electron chi connectivity index (χ1n) is 9.53. The van der Waals surface area contributed by atoms with Crippen molar-refractivity contribution in [1.82, 2.24) is 9.97 Å². The zero-order valence-electron chi connectivity index (χ0n) is 15.0. The fraction of sp³-hybridized carbons (Fsp3) is 0.381. The molecule has 0 amide bonds. The first-order chi connectivity index (χ1) is 13.2. The molecule has 1 N–H and O–H groups in total. The maximum Gasteiger partial charge on any atom is 0.306 e. The fourth-order valence-electron chi connectivity index (χ4n) is 3.86. The van der Waals surface area contributed by atoms with Gasteiger partial charge in [-0.2, -0.15) is 0 Å². The van der Waals surface area contributed by atoms with E-state index >= 15 is 0 Å². The molecule has 3 aromatic rings. The fourth-order valence-corrected chi connectivity index (χ4v) is 4.81. The molecule has 138 valence electrons. The van der Waals surface area contributed by atoms with Gasteiger partial charge in [0, 0.05) is 30.0 Å². The Bertz CT molecular complexity index is 989. The highest BCUT2D eigenvalue weighted by Crippen LogP contribution is 2.44. The van der Waals surface area contributed by atoms with Crippen LogP contribution in [0.25, 0.3) is 21.3 Å². The van der Waals surface area contributed by atoms with E-state index in [1.807, 2.05) is 6.07 Å². The highest BCUT2D eigenvalue weighted by Gasteiger charge is 2.31. The third kappa shape index (κ3) is 3.08. The van der Waals surface area contributed by atoms with Crippen LogP contribution >= 0.6 is 11.3 Å². The van der Waals surface area contributed by atoms with Crippen molar-refractivity contribution in [2.24, 2.45) is 5.92 Å². The first kappa shape index (κ1) is 16.7. The number of benzene rings is 1. The molecule has 1 aliphatic heterocycles. The molecule has 1 aliphatic carbocycles. The molecule has 1 saturated heterocycles. The molecule has 0 radical (unpaired) electrons. The summed E-state index contributed by atoms with van der Waals surface area (Å²) in [4.78, 5) is 24.5. The SMILES string of the molecule is O=C(O)C1CCN(c2nc(C3CC3)nc3scc(-c4ccccc4)c23)CC1. The summed E-state index contributed by atoms with van der Waals surface area (Å²) in [5.74, 6) is 1.52. The van der Waals surface area contributed by atoms with Gasteiger partial charge in [-0.25, -0.2) is 9.97 Å². The van der Waals surface area contributed by atoms with Gasteiger partial charge >= 0.3 is 5.97 Å². The zero-order valence-corrected chi connectivity index (χ0v) is 15.8. The highest BCUT2D eigenvalue weighted by molar-refractivity contribution is 7.17. The Morgan fingerprint density at radius 2 is 1.81 bits per heavy atom. The van der Waals surface area contributed by atoms with Gasteiger partial charge in [0.25, 0.3) is 0 Å². The Morgan fingerprint density at radius 3 is 2.48 bits per heavy atom. The molecule has 0 bridgehead atoms. The van der Waals surface area contributed by atoms with Crippen molar-refractivity contribution < 1.29 is 9.90 Å². The van der Waals surface area contributed by atoms with Crippen molar-refractivity contribution >= 4 is 33.3 Å². The minimum atomic E-state index is -0.679. The molecule has 1 aromatic carbocycles. The van der Waals surface area contributed by atoms with Gasteiger partial charge in [-0.3, -0.25) is 4.79 Å². The number of thiophene rings is 1. The van der Waals surface area contributed by atoms with Crippen LogP contribution in [0, 0.1) is 5.92 Å². The number of aromatic nitrogens is 2. The number of anilines is 1. The molecule has 6 heteroatoms. The monoisotopic (exact) mass is 379 g/mol. The third-order valence-electron chi connectivity index (χ3n) is 5.60. The summed E-state index contributed by atoms with van der Waals surface area (Å²) in [7, 11) is 0. The van der Waals surface area contributed by atoms with Crippen LogP contribution in [0.2, 0.25) is 0 Å². The van der Waals surface area contributed by atoms with E-state index in [1.54, 1.807) is 11.3 Å². The van der Waals surface area contributed by atoms with Gasteiger partial charge in [0.1, 0.15) is 16.5 Å². The van der Waals surface area contributed by atoms with Crippen LogP contribution < -0.4 is 4.90 Å². The topological polar surface area (TPSA) is 66.3 Å². The van der Waals surface area contributed by atoms with Crippen molar-refractivity contribution in [3.63, 3.8) is 0 Å². The summed E-state index contributed by atoms with van der Waals surface area (Å²) >= 11 is 1.68. The van der Waals surface area contributed by atoms with E-state index in [4.69, 9.17) is 9.97 Å². The van der Waals surface area contributed by atoms with Crippen LogP contribution in [0.5, 0.6) is 0 Å². The van der Waals surface area contributed by atoms with Gasteiger partial charge in [0.05, 0.1) is 11.3 Å². The van der Waals surface area contributed by atoms with Crippen LogP contribution in [-0.4, -0.2) is 34.1 Å². The van der Waals surface area contributed by atoms with E-state index in [0.717, 1.165) is 34.9 Å². The molecule has 2 fully saturated rings. The molecule has 0 spiro atoms. The predicted octanol–water partition coefficient (Wildman–Crippen LogP) is 4.54. The number of hydrogen-bond donors (Lipinski definition) is 1. The van der Waals surface area contributed by atoms with E-state index in [1.165, 1.54) is 24.0 Å². The molecule has 2 aromatic heterocycles. The average Bonchev–Trinajstić information content (AvgIpc) is 3.47. The number of carboxylic acid groups (broad SMARTS) is 1. The van der Waals surface area contributed by atoms with Crippen molar-refractivity contribution in [2.45, 2.75) is 31.6 Å². The molecule has 5 nitrogen and oxygen atoms in total. The van der Waals surface area contributed by atoms with E-state index in [-0.39, 0.29) is 5.92 Å². The number of rotatable bonds is 4.